The Morgan fingerprint density at radius 3 is 1.68 bits per heavy atom. The number of hydrogen-bond acceptors (Lipinski definition) is 2. The van der Waals surface area contributed by atoms with Gasteiger partial charge in [0.1, 0.15) is 0 Å². The second kappa shape index (κ2) is 13.6. The van der Waals surface area contributed by atoms with Crippen molar-refractivity contribution in [3.63, 3.8) is 0 Å². The normalized spacial score (nSPS) is 13.7. The van der Waals surface area contributed by atoms with Gasteiger partial charge >= 0.3 is 11.9 Å². The number of carboxylic acid groups (broad SMARTS) is 2. The van der Waals surface area contributed by atoms with Gasteiger partial charge in [-0.2, -0.15) is 0 Å². The van der Waals surface area contributed by atoms with Crippen LogP contribution in [-0.2, 0) is 9.59 Å². The summed E-state index contributed by atoms with van der Waals surface area (Å²) in [5.74, 6) is -2.83. The van der Waals surface area contributed by atoms with Crippen LogP contribution in [0.4, 0.5) is 0 Å². The third-order valence-corrected chi connectivity index (χ3v) is 4.41. The molecule has 130 valence electrons. The molecule has 0 saturated carbocycles. The lowest BCUT2D eigenvalue weighted by Crippen LogP contribution is -2.24. The van der Waals surface area contributed by atoms with Crippen molar-refractivity contribution in [2.75, 3.05) is 0 Å². The molecular weight excluding hydrogens is 280 g/mol. The smallest absolute Gasteiger partial charge is 0.307 e. The van der Waals surface area contributed by atoms with Crippen LogP contribution in [-0.4, -0.2) is 22.2 Å². The molecule has 2 N–H and O–H groups in total. The maximum atomic E-state index is 11.1. The second-order valence-corrected chi connectivity index (χ2v) is 6.49. The first kappa shape index (κ1) is 20.9. The van der Waals surface area contributed by atoms with Crippen LogP contribution < -0.4 is 0 Å². The Hall–Kier alpha value is -1.06. The lowest BCUT2D eigenvalue weighted by atomic mass is 9.87. The van der Waals surface area contributed by atoms with Crippen molar-refractivity contribution in [3.8, 4) is 0 Å². The van der Waals surface area contributed by atoms with E-state index in [-0.39, 0.29) is 12.3 Å². The highest BCUT2D eigenvalue weighted by atomic mass is 16.4. The summed E-state index contributed by atoms with van der Waals surface area (Å²) in [6.07, 6.45) is 13.1. The van der Waals surface area contributed by atoms with E-state index >= 15 is 0 Å². The largest absolute Gasteiger partial charge is 0.481 e. The van der Waals surface area contributed by atoms with E-state index in [1.54, 1.807) is 0 Å². The van der Waals surface area contributed by atoms with Crippen LogP contribution in [0.5, 0.6) is 0 Å². The average molecular weight is 314 g/mol. The van der Waals surface area contributed by atoms with E-state index in [2.05, 4.69) is 6.92 Å². The minimum absolute atomic E-state index is 0.0670. The zero-order valence-electron chi connectivity index (χ0n) is 14.4. The molecule has 0 radical (unpaired) electrons. The topological polar surface area (TPSA) is 74.6 Å². The summed E-state index contributed by atoms with van der Waals surface area (Å²) in [6, 6.07) is 0. The van der Waals surface area contributed by atoms with Gasteiger partial charge in [-0.05, 0) is 12.3 Å². The molecule has 0 saturated heterocycles. The molecular formula is C18H34O4. The van der Waals surface area contributed by atoms with E-state index in [1.165, 1.54) is 51.4 Å². The van der Waals surface area contributed by atoms with Crippen molar-refractivity contribution >= 4 is 11.9 Å². The Labute approximate surface area is 135 Å². The zero-order chi connectivity index (χ0) is 16.8. The SMILES string of the molecule is CCCCCCCCCCCCC(C)C(CC(=O)O)C(=O)O. The van der Waals surface area contributed by atoms with E-state index in [1.807, 2.05) is 6.92 Å². The quantitative estimate of drug-likeness (QED) is 0.412. The maximum Gasteiger partial charge on any atom is 0.307 e. The lowest BCUT2D eigenvalue weighted by Gasteiger charge is -2.18. The van der Waals surface area contributed by atoms with Crippen LogP contribution in [0.25, 0.3) is 0 Å². The molecule has 2 unspecified atom stereocenters. The molecule has 0 spiro atoms. The van der Waals surface area contributed by atoms with E-state index in [0.717, 1.165) is 19.3 Å². The summed E-state index contributed by atoms with van der Waals surface area (Å²) in [7, 11) is 0. The summed E-state index contributed by atoms with van der Waals surface area (Å²) in [6.45, 7) is 4.09. The molecule has 4 heteroatoms. The van der Waals surface area contributed by atoms with Crippen molar-refractivity contribution in [2.24, 2.45) is 11.8 Å². The van der Waals surface area contributed by atoms with Gasteiger partial charge in [0.25, 0.3) is 0 Å². The molecule has 0 rings (SSSR count). The molecule has 0 aromatic heterocycles. The highest BCUT2D eigenvalue weighted by Gasteiger charge is 2.26. The molecule has 0 aliphatic carbocycles. The van der Waals surface area contributed by atoms with Gasteiger partial charge in [0, 0.05) is 0 Å². The Bertz CT molecular complexity index is 301. The summed E-state index contributed by atoms with van der Waals surface area (Å²) < 4.78 is 0. The summed E-state index contributed by atoms with van der Waals surface area (Å²) in [5, 5.41) is 17.9. The van der Waals surface area contributed by atoms with Gasteiger partial charge < -0.3 is 10.2 Å². The summed E-state index contributed by atoms with van der Waals surface area (Å²) >= 11 is 0. The number of rotatable bonds is 15. The van der Waals surface area contributed by atoms with Crippen LogP contribution in [0.2, 0.25) is 0 Å². The molecule has 22 heavy (non-hydrogen) atoms. The minimum atomic E-state index is -1.03. The van der Waals surface area contributed by atoms with Gasteiger partial charge in [-0.25, -0.2) is 0 Å². The molecule has 2 atom stereocenters. The monoisotopic (exact) mass is 314 g/mol. The van der Waals surface area contributed by atoms with E-state index in [4.69, 9.17) is 10.2 Å². The van der Waals surface area contributed by atoms with Crippen molar-refractivity contribution in [2.45, 2.75) is 90.9 Å². The van der Waals surface area contributed by atoms with Gasteiger partial charge in [-0.15, -0.1) is 0 Å². The number of carboxylic acids is 2. The van der Waals surface area contributed by atoms with Crippen molar-refractivity contribution < 1.29 is 19.8 Å². The maximum absolute atomic E-state index is 11.1. The molecule has 0 aliphatic heterocycles. The Balaban J connectivity index is 3.60. The zero-order valence-corrected chi connectivity index (χ0v) is 14.4. The first-order valence-electron chi connectivity index (χ1n) is 8.93. The molecule has 0 aromatic carbocycles. The van der Waals surface area contributed by atoms with Crippen LogP contribution >= 0.6 is 0 Å². The first-order chi connectivity index (χ1) is 10.5. The fourth-order valence-corrected chi connectivity index (χ4v) is 2.87. The molecule has 0 amide bonds. The van der Waals surface area contributed by atoms with Gasteiger partial charge in [-0.1, -0.05) is 78.1 Å². The fourth-order valence-electron chi connectivity index (χ4n) is 2.87. The Morgan fingerprint density at radius 2 is 1.27 bits per heavy atom. The number of carbonyl (C=O) groups is 2. The van der Waals surface area contributed by atoms with Gasteiger partial charge in [0.15, 0.2) is 0 Å². The van der Waals surface area contributed by atoms with Crippen LogP contribution in [0.15, 0.2) is 0 Å². The molecule has 0 heterocycles. The van der Waals surface area contributed by atoms with Gasteiger partial charge in [0.05, 0.1) is 12.3 Å². The Morgan fingerprint density at radius 1 is 0.818 bits per heavy atom. The molecule has 0 aliphatic rings. The van der Waals surface area contributed by atoms with Crippen LogP contribution in [0.1, 0.15) is 90.9 Å². The minimum Gasteiger partial charge on any atom is -0.481 e. The summed E-state index contributed by atoms with van der Waals surface area (Å²) in [4.78, 5) is 21.8. The van der Waals surface area contributed by atoms with Crippen molar-refractivity contribution in [1.82, 2.24) is 0 Å². The summed E-state index contributed by atoms with van der Waals surface area (Å²) in [5.41, 5.74) is 0. The van der Waals surface area contributed by atoms with Crippen molar-refractivity contribution in [1.29, 1.82) is 0 Å². The number of hydrogen-bond donors (Lipinski definition) is 2. The standard InChI is InChI=1S/C18H34O4/c1-3-4-5-6-7-8-9-10-11-12-13-15(2)16(18(21)22)14-17(19)20/h15-16H,3-14H2,1-2H3,(H,19,20)(H,21,22). The molecule has 0 bridgehead atoms. The highest BCUT2D eigenvalue weighted by Crippen LogP contribution is 2.23. The second-order valence-electron chi connectivity index (χ2n) is 6.49. The molecule has 0 aromatic rings. The number of aliphatic carboxylic acids is 2. The van der Waals surface area contributed by atoms with E-state index in [9.17, 15) is 9.59 Å². The predicted octanol–water partition coefficient (Wildman–Crippen LogP) is 5.11. The first-order valence-corrected chi connectivity index (χ1v) is 8.93. The van der Waals surface area contributed by atoms with E-state index in [0.29, 0.717) is 0 Å². The van der Waals surface area contributed by atoms with E-state index < -0.39 is 17.9 Å². The van der Waals surface area contributed by atoms with Gasteiger partial charge in [-0.3, -0.25) is 9.59 Å². The Kier molecular flexibility index (Phi) is 12.9. The highest BCUT2D eigenvalue weighted by molar-refractivity contribution is 5.77. The third kappa shape index (κ3) is 11.6. The van der Waals surface area contributed by atoms with Crippen LogP contribution in [0.3, 0.4) is 0 Å². The average Bonchev–Trinajstić information content (AvgIpc) is 2.46. The third-order valence-electron chi connectivity index (χ3n) is 4.41. The molecule has 4 nitrogen and oxygen atoms in total. The molecule has 0 fully saturated rings. The number of unbranched alkanes of at least 4 members (excludes halogenated alkanes) is 9. The van der Waals surface area contributed by atoms with Crippen LogP contribution in [0, 0.1) is 11.8 Å². The van der Waals surface area contributed by atoms with Crippen molar-refractivity contribution in [3.05, 3.63) is 0 Å². The van der Waals surface area contributed by atoms with Gasteiger partial charge in [0.2, 0.25) is 0 Å². The predicted molar refractivity (Wildman–Crippen MR) is 89.0 cm³/mol. The fraction of sp³-hybridized carbons (Fsp3) is 0.889. The lowest BCUT2D eigenvalue weighted by molar-refractivity contribution is -0.150.